The van der Waals surface area contributed by atoms with E-state index in [1.807, 2.05) is 6.07 Å². The van der Waals surface area contributed by atoms with Gasteiger partial charge >= 0.3 is 5.97 Å². The summed E-state index contributed by atoms with van der Waals surface area (Å²) in [7, 11) is -3.78. The summed E-state index contributed by atoms with van der Waals surface area (Å²) in [5.41, 5.74) is 0.701. The molecule has 1 unspecified atom stereocenters. The maximum atomic E-state index is 13.3. The molecule has 1 fully saturated rings. The molecule has 2 aromatic heterocycles. The topological polar surface area (TPSA) is 103 Å². The average molecular weight is 496 g/mol. The highest BCUT2D eigenvalue weighted by molar-refractivity contribution is 7.89. The molecule has 1 atom stereocenters. The lowest BCUT2D eigenvalue weighted by molar-refractivity contribution is -0.149. The van der Waals surface area contributed by atoms with Gasteiger partial charge in [-0.05, 0) is 44.9 Å². The maximum Gasteiger partial charge on any atom is 0.310 e. The Bertz CT molecular complexity index is 1240. The van der Waals surface area contributed by atoms with Gasteiger partial charge in [-0.3, -0.25) is 4.79 Å². The van der Waals surface area contributed by atoms with Crippen LogP contribution < -0.4 is 0 Å². The van der Waals surface area contributed by atoms with Crippen LogP contribution in [0.5, 0.6) is 0 Å². The fourth-order valence-electron chi connectivity index (χ4n) is 3.65. The molecule has 1 saturated heterocycles. The molecule has 32 heavy (non-hydrogen) atoms. The number of sulfonamides is 1. The fraction of sp³-hybridized carbons (Fsp3) is 0.381. The van der Waals surface area contributed by atoms with Crippen LogP contribution in [0.25, 0.3) is 22.2 Å². The number of piperidine rings is 1. The Hall–Kier alpha value is -2.27. The highest BCUT2D eigenvalue weighted by Crippen LogP contribution is 2.36. The molecule has 3 aromatic rings. The van der Waals surface area contributed by atoms with E-state index in [1.54, 1.807) is 38.1 Å². The molecule has 8 nitrogen and oxygen atoms in total. The molecular formula is C21H22ClN3O5S2. The fourth-order valence-corrected chi connectivity index (χ4v) is 6.84. The molecule has 3 heterocycles. The SMILES string of the molecule is CCOC(=O)C1CCCN(S(=O)(=O)c2cc(-c3nc(-c4cccc(Cl)c4)no3)sc2C)C1. The second-order valence-electron chi connectivity index (χ2n) is 7.42. The highest BCUT2D eigenvalue weighted by Gasteiger charge is 2.35. The molecule has 1 aliphatic rings. The van der Waals surface area contributed by atoms with Gasteiger partial charge < -0.3 is 9.26 Å². The molecule has 0 saturated carbocycles. The predicted molar refractivity (Wildman–Crippen MR) is 121 cm³/mol. The number of halogens is 1. The van der Waals surface area contributed by atoms with Crippen LogP contribution in [0.4, 0.5) is 0 Å². The number of esters is 1. The number of carbonyl (C=O) groups is 1. The van der Waals surface area contributed by atoms with E-state index < -0.39 is 15.9 Å². The Morgan fingerprint density at radius 3 is 2.94 bits per heavy atom. The number of rotatable bonds is 6. The van der Waals surface area contributed by atoms with Gasteiger partial charge in [0.05, 0.1) is 22.3 Å². The van der Waals surface area contributed by atoms with Crippen molar-refractivity contribution >= 4 is 38.9 Å². The van der Waals surface area contributed by atoms with Crippen LogP contribution in [-0.4, -0.2) is 48.5 Å². The third-order valence-corrected chi connectivity index (χ3v) is 8.61. The molecule has 0 amide bonds. The molecule has 4 rings (SSSR count). The summed E-state index contributed by atoms with van der Waals surface area (Å²) in [6.07, 6.45) is 1.22. The van der Waals surface area contributed by atoms with Crippen molar-refractivity contribution in [3.63, 3.8) is 0 Å². The minimum Gasteiger partial charge on any atom is -0.466 e. The van der Waals surface area contributed by atoms with Crippen molar-refractivity contribution in [3.8, 4) is 22.2 Å². The van der Waals surface area contributed by atoms with E-state index in [9.17, 15) is 13.2 Å². The van der Waals surface area contributed by atoms with E-state index in [-0.39, 0.29) is 29.9 Å². The molecule has 0 N–H and O–H groups in total. The first-order valence-electron chi connectivity index (χ1n) is 10.2. The van der Waals surface area contributed by atoms with Crippen LogP contribution in [0.1, 0.15) is 24.6 Å². The van der Waals surface area contributed by atoms with E-state index in [1.165, 1.54) is 15.6 Å². The number of thiophene rings is 1. The zero-order valence-corrected chi connectivity index (χ0v) is 20.0. The van der Waals surface area contributed by atoms with Crippen LogP contribution in [0.3, 0.4) is 0 Å². The predicted octanol–water partition coefficient (Wildman–Crippen LogP) is 4.39. The molecule has 0 aliphatic carbocycles. The van der Waals surface area contributed by atoms with E-state index in [0.717, 1.165) is 0 Å². The Balaban J connectivity index is 1.59. The second-order valence-corrected chi connectivity index (χ2v) is 11.0. The van der Waals surface area contributed by atoms with Crippen LogP contribution in [0.2, 0.25) is 5.02 Å². The number of aryl methyl sites for hydroxylation is 1. The second kappa shape index (κ2) is 9.30. The normalized spacial score (nSPS) is 17.4. The number of nitrogens with zero attached hydrogens (tertiary/aromatic N) is 3. The summed E-state index contributed by atoms with van der Waals surface area (Å²) in [6, 6.07) is 8.63. The monoisotopic (exact) mass is 495 g/mol. The number of benzene rings is 1. The Kier molecular flexibility index (Phi) is 6.66. The summed E-state index contributed by atoms with van der Waals surface area (Å²) in [5, 5.41) is 4.54. The first kappa shape index (κ1) is 22.9. The number of aromatic nitrogens is 2. The molecule has 0 bridgehead atoms. The summed E-state index contributed by atoms with van der Waals surface area (Å²) in [4.78, 5) is 17.9. The van der Waals surface area contributed by atoms with Gasteiger partial charge in [0.15, 0.2) is 0 Å². The average Bonchev–Trinajstić information content (AvgIpc) is 3.41. The summed E-state index contributed by atoms with van der Waals surface area (Å²) < 4.78 is 38.5. The summed E-state index contributed by atoms with van der Waals surface area (Å²) >= 11 is 7.30. The minimum atomic E-state index is -3.78. The first-order valence-corrected chi connectivity index (χ1v) is 12.8. The van der Waals surface area contributed by atoms with Crippen LogP contribution in [0.15, 0.2) is 39.8 Å². The quantitative estimate of drug-likeness (QED) is 0.467. The molecule has 0 radical (unpaired) electrons. The third-order valence-electron chi connectivity index (χ3n) is 5.21. The van der Waals surface area contributed by atoms with Crippen molar-refractivity contribution in [3.05, 3.63) is 40.2 Å². The largest absolute Gasteiger partial charge is 0.466 e. The number of hydrogen-bond acceptors (Lipinski definition) is 8. The van der Waals surface area contributed by atoms with Crippen molar-refractivity contribution in [2.24, 2.45) is 5.92 Å². The van der Waals surface area contributed by atoms with Gasteiger partial charge in [-0.15, -0.1) is 11.3 Å². The Morgan fingerprint density at radius 2 is 2.19 bits per heavy atom. The summed E-state index contributed by atoms with van der Waals surface area (Å²) in [5.74, 6) is -0.202. The lowest BCUT2D eigenvalue weighted by Gasteiger charge is -2.30. The van der Waals surface area contributed by atoms with Gasteiger partial charge in [0.2, 0.25) is 15.8 Å². The standard InChI is InChI=1S/C21H22ClN3O5S2/c1-3-29-21(26)15-7-5-9-25(12-15)32(27,28)18-11-17(31-13(18)2)20-23-19(24-30-20)14-6-4-8-16(22)10-14/h4,6,8,10-11,15H,3,5,7,9,12H2,1-2H3. The highest BCUT2D eigenvalue weighted by atomic mass is 35.5. The Labute approximate surface area is 195 Å². The van der Waals surface area contributed by atoms with Crippen molar-refractivity contribution in [2.75, 3.05) is 19.7 Å². The molecule has 1 aromatic carbocycles. The van der Waals surface area contributed by atoms with Crippen LogP contribution >= 0.6 is 22.9 Å². The van der Waals surface area contributed by atoms with E-state index in [4.69, 9.17) is 20.9 Å². The van der Waals surface area contributed by atoms with Crippen molar-refractivity contribution in [1.82, 2.24) is 14.4 Å². The molecular weight excluding hydrogens is 474 g/mol. The first-order chi connectivity index (χ1) is 15.3. The van der Waals surface area contributed by atoms with Crippen molar-refractivity contribution in [1.29, 1.82) is 0 Å². The van der Waals surface area contributed by atoms with Crippen LogP contribution in [0, 0.1) is 12.8 Å². The van der Waals surface area contributed by atoms with E-state index >= 15 is 0 Å². The molecule has 170 valence electrons. The lowest BCUT2D eigenvalue weighted by Crippen LogP contribution is -2.42. The minimum absolute atomic E-state index is 0.116. The van der Waals surface area contributed by atoms with Crippen molar-refractivity contribution < 1.29 is 22.5 Å². The van der Waals surface area contributed by atoms with E-state index in [2.05, 4.69) is 10.1 Å². The van der Waals surface area contributed by atoms with Crippen LogP contribution in [-0.2, 0) is 19.6 Å². The molecule has 0 spiro atoms. The van der Waals surface area contributed by atoms with Gasteiger partial charge in [-0.2, -0.15) is 9.29 Å². The number of hydrogen-bond donors (Lipinski definition) is 0. The number of ether oxygens (including phenoxy) is 1. The number of carbonyl (C=O) groups excluding carboxylic acids is 1. The van der Waals surface area contributed by atoms with Gasteiger partial charge in [-0.25, -0.2) is 8.42 Å². The van der Waals surface area contributed by atoms with Crippen molar-refractivity contribution in [2.45, 2.75) is 31.6 Å². The smallest absolute Gasteiger partial charge is 0.310 e. The lowest BCUT2D eigenvalue weighted by atomic mass is 10.0. The maximum absolute atomic E-state index is 13.3. The molecule has 1 aliphatic heterocycles. The van der Waals surface area contributed by atoms with E-state index in [0.29, 0.717) is 45.6 Å². The van der Waals surface area contributed by atoms with Gasteiger partial charge in [0.25, 0.3) is 5.89 Å². The zero-order valence-electron chi connectivity index (χ0n) is 17.6. The van der Waals surface area contributed by atoms with Gasteiger partial charge in [-0.1, -0.05) is 28.9 Å². The summed E-state index contributed by atoms with van der Waals surface area (Å²) in [6.45, 7) is 4.23. The Morgan fingerprint density at radius 1 is 1.38 bits per heavy atom. The zero-order chi connectivity index (χ0) is 22.9. The molecule has 11 heteroatoms. The van der Waals surface area contributed by atoms with Gasteiger partial charge in [0, 0.05) is 28.6 Å². The third kappa shape index (κ3) is 4.59. The van der Waals surface area contributed by atoms with Gasteiger partial charge in [0.1, 0.15) is 0 Å².